The molecule has 0 aliphatic rings. The van der Waals surface area contributed by atoms with Gasteiger partial charge in [-0.2, -0.15) is 0 Å². The van der Waals surface area contributed by atoms with Crippen molar-refractivity contribution in [3.63, 3.8) is 0 Å². The quantitative estimate of drug-likeness (QED) is 0.261. The second-order valence-electron chi connectivity index (χ2n) is 6.50. The van der Waals surface area contributed by atoms with E-state index in [-0.39, 0.29) is 0 Å². The fraction of sp³-hybridized carbons (Fsp3) is 0.0800. The van der Waals surface area contributed by atoms with Gasteiger partial charge in [-0.3, -0.25) is 0 Å². The number of imidazole rings is 1. The lowest BCUT2D eigenvalue weighted by molar-refractivity contribution is 0.732. The summed E-state index contributed by atoms with van der Waals surface area (Å²) in [6.45, 7) is 4.70. The van der Waals surface area contributed by atoms with Crippen molar-refractivity contribution in [3.8, 4) is 22.5 Å². The zero-order chi connectivity index (χ0) is 19.2. The average molecular weight is 383 g/mol. The van der Waals surface area contributed by atoms with E-state index in [0.29, 0.717) is 0 Å². The average Bonchev–Trinajstić information content (AvgIpc) is 3.13. The molecular weight excluding hydrogens is 360 g/mol. The minimum Gasteiger partial charge on any atom is -0.315 e. The van der Waals surface area contributed by atoms with Crippen LogP contribution in [0.2, 0.25) is 0 Å². The minimum absolute atomic E-state index is 0.723. The molecule has 0 atom stereocenters. The monoisotopic (exact) mass is 382 g/mol. The molecule has 0 unspecified atom stereocenters. The first-order valence-corrected chi connectivity index (χ1v) is 10.3. The van der Waals surface area contributed by atoms with Gasteiger partial charge in [-0.25, -0.2) is 4.98 Å². The first-order chi connectivity index (χ1) is 13.9. The van der Waals surface area contributed by atoms with Crippen molar-refractivity contribution < 1.29 is 0 Å². The zero-order valence-electron chi connectivity index (χ0n) is 15.7. The summed E-state index contributed by atoms with van der Waals surface area (Å²) in [6, 6.07) is 31.4. The molecule has 0 aliphatic heterocycles. The first kappa shape index (κ1) is 18.3. The third kappa shape index (κ3) is 3.95. The van der Waals surface area contributed by atoms with Gasteiger partial charge in [0, 0.05) is 23.4 Å². The molecule has 0 aliphatic carbocycles. The highest BCUT2D eigenvalue weighted by atomic mass is 32.2. The van der Waals surface area contributed by atoms with E-state index in [9.17, 15) is 0 Å². The molecule has 1 aromatic heterocycles. The van der Waals surface area contributed by atoms with Crippen LogP contribution in [0, 0.1) is 0 Å². The van der Waals surface area contributed by atoms with Gasteiger partial charge in [-0.05, 0) is 5.56 Å². The van der Waals surface area contributed by atoms with Crippen LogP contribution in [0.15, 0.2) is 109 Å². The second kappa shape index (κ2) is 8.77. The lowest BCUT2D eigenvalue weighted by Gasteiger charge is -2.11. The summed E-state index contributed by atoms with van der Waals surface area (Å²) < 4.78 is 2.28. The van der Waals surface area contributed by atoms with E-state index in [0.717, 1.165) is 34.4 Å². The molecule has 0 spiro atoms. The Balaban J connectivity index is 1.82. The summed E-state index contributed by atoms with van der Waals surface area (Å²) in [7, 11) is 0. The maximum Gasteiger partial charge on any atom is 0.169 e. The van der Waals surface area contributed by atoms with Gasteiger partial charge in [0.15, 0.2) is 5.16 Å². The first-order valence-electron chi connectivity index (χ1n) is 9.36. The number of allylic oxidation sites excluding steroid dienone is 1. The van der Waals surface area contributed by atoms with Gasteiger partial charge < -0.3 is 4.57 Å². The van der Waals surface area contributed by atoms with Crippen LogP contribution in [-0.4, -0.2) is 9.55 Å². The van der Waals surface area contributed by atoms with Crippen molar-refractivity contribution in [1.82, 2.24) is 9.55 Å². The van der Waals surface area contributed by atoms with Crippen LogP contribution >= 0.6 is 11.8 Å². The maximum absolute atomic E-state index is 5.07. The van der Waals surface area contributed by atoms with Crippen LogP contribution < -0.4 is 0 Å². The molecule has 4 aromatic rings. The molecule has 3 aromatic carbocycles. The molecular formula is C25H22N2S. The molecule has 3 heteroatoms. The molecule has 0 radical (unpaired) electrons. The van der Waals surface area contributed by atoms with Crippen LogP contribution in [0.3, 0.4) is 0 Å². The summed E-state index contributed by atoms with van der Waals surface area (Å²) in [4.78, 5) is 5.07. The molecule has 0 saturated heterocycles. The van der Waals surface area contributed by atoms with E-state index in [1.54, 1.807) is 11.8 Å². The van der Waals surface area contributed by atoms with Crippen molar-refractivity contribution in [3.05, 3.63) is 109 Å². The SMILES string of the molecule is C=CCn1c(SCc2ccccc2)nc(-c2ccccc2)c1-c1ccccc1. The Bertz CT molecular complexity index is 1040. The van der Waals surface area contributed by atoms with Crippen LogP contribution in [0.1, 0.15) is 5.56 Å². The highest BCUT2D eigenvalue weighted by Crippen LogP contribution is 2.36. The molecule has 0 fully saturated rings. The fourth-order valence-corrected chi connectivity index (χ4v) is 4.21. The van der Waals surface area contributed by atoms with E-state index in [2.05, 4.69) is 83.9 Å². The molecule has 28 heavy (non-hydrogen) atoms. The standard InChI is InChI=1S/C25H22N2S/c1-2-18-27-24(22-16-10-5-11-17-22)23(21-14-8-4-9-15-21)26-25(27)28-19-20-12-6-3-7-13-20/h2-17H,1,18-19H2. The van der Waals surface area contributed by atoms with Gasteiger partial charge in [0.05, 0.1) is 11.4 Å². The lowest BCUT2D eigenvalue weighted by atomic mass is 10.0. The third-order valence-corrected chi connectivity index (χ3v) is 5.60. The van der Waals surface area contributed by atoms with Crippen molar-refractivity contribution in [2.75, 3.05) is 0 Å². The second-order valence-corrected chi connectivity index (χ2v) is 7.44. The van der Waals surface area contributed by atoms with Crippen molar-refractivity contribution >= 4 is 11.8 Å². The smallest absolute Gasteiger partial charge is 0.169 e. The topological polar surface area (TPSA) is 17.8 Å². The summed E-state index contributed by atoms with van der Waals surface area (Å²) in [5, 5.41) is 1.02. The van der Waals surface area contributed by atoms with E-state index in [4.69, 9.17) is 4.98 Å². The van der Waals surface area contributed by atoms with Crippen LogP contribution in [-0.2, 0) is 12.3 Å². The number of thioether (sulfide) groups is 1. The highest BCUT2D eigenvalue weighted by Gasteiger charge is 2.19. The van der Waals surface area contributed by atoms with Gasteiger partial charge in [-0.1, -0.05) is 109 Å². The van der Waals surface area contributed by atoms with Crippen LogP contribution in [0.25, 0.3) is 22.5 Å². The van der Waals surface area contributed by atoms with Crippen LogP contribution in [0.5, 0.6) is 0 Å². The van der Waals surface area contributed by atoms with Crippen LogP contribution in [0.4, 0.5) is 0 Å². The number of hydrogen-bond acceptors (Lipinski definition) is 2. The van der Waals surface area contributed by atoms with Crippen molar-refractivity contribution in [1.29, 1.82) is 0 Å². The predicted molar refractivity (Wildman–Crippen MR) is 119 cm³/mol. The Morgan fingerprint density at radius 3 is 1.96 bits per heavy atom. The van der Waals surface area contributed by atoms with Crippen molar-refractivity contribution in [2.24, 2.45) is 0 Å². The summed E-state index contributed by atoms with van der Waals surface area (Å²) >= 11 is 1.77. The maximum atomic E-state index is 5.07. The van der Waals surface area contributed by atoms with Gasteiger partial charge in [0.1, 0.15) is 0 Å². The molecule has 1 heterocycles. The number of rotatable bonds is 7. The van der Waals surface area contributed by atoms with E-state index >= 15 is 0 Å². The number of hydrogen-bond donors (Lipinski definition) is 0. The molecule has 4 rings (SSSR count). The summed E-state index contributed by atoms with van der Waals surface area (Å²) in [6.07, 6.45) is 1.94. The molecule has 2 nitrogen and oxygen atoms in total. The highest BCUT2D eigenvalue weighted by molar-refractivity contribution is 7.98. The largest absolute Gasteiger partial charge is 0.315 e. The Morgan fingerprint density at radius 2 is 1.36 bits per heavy atom. The third-order valence-electron chi connectivity index (χ3n) is 4.55. The molecule has 0 saturated carbocycles. The molecule has 138 valence electrons. The minimum atomic E-state index is 0.723. The number of benzene rings is 3. The Kier molecular flexibility index (Phi) is 5.74. The Hall–Kier alpha value is -3.04. The van der Waals surface area contributed by atoms with Gasteiger partial charge >= 0.3 is 0 Å². The predicted octanol–water partition coefficient (Wildman–Crippen LogP) is 6.70. The van der Waals surface area contributed by atoms with E-state index in [1.165, 1.54) is 11.1 Å². The summed E-state index contributed by atoms with van der Waals surface area (Å²) in [5.74, 6) is 0.886. The Labute approximate surface area is 170 Å². The van der Waals surface area contributed by atoms with E-state index < -0.39 is 0 Å². The molecule has 0 N–H and O–H groups in total. The lowest BCUT2D eigenvalue weighted by Crippen LogP contribution is -2.00. The van der Waals surface area contributed by atoms with Crippen molar-refractivity contribution in [2.45, 2.75) is 17.5 Å². The van der Waals surface area contributed by atoms with Gasteiger partial charge in [0.25, 0.3) is 0 Å². The summed E-state index contributed by atoms with van der Waals surface area (Å²) in [5.41, 5.74) is 5.75. The van der Waals surface area contributed by atoms with Gasteiger partial charge in [-0.15, -0.1) is 6.58 Å². The van der Waals surface area contributed by atoms with Gasteiger partial charge in [0.2, 0.25) is 0 Å². The zero-order valence-corrected chi connectivity index (χ0v) is 16.5. The Morgan fingerprint density at radius 1 is 0.786 bits per heavy atom. The number of nitrogens with zero attached hydrogens (tertiary/aromatic N) is 2. The molecule has 0 amide bonds. The van der Waals surface area contributed by atoms with E-state index in [1.807, 2.05) is 24.3 Å². The number of aromatic nitrogens is 2. The molecule has 0 bridgehead atoms. The normalized spacial score (nSPS) is 10.7. The fourth-order valence-electron chi connectivity index (χ4n) is 3.25.